The van der Waals surface area contributed by atoms with Gasteiger partial charge in [0.1, 0.15) is 0 Å². The number of imide groups is 1. The van der Waals surface area contributed by atoms with Crippen molar-refractivity contribution in [1.82, 2.24) is 4.90 Å². The number of likely N-dealkylation sites (tertiary alicyclic amines) is 1. The van der Waals surface area contributed by atoms with E-state index in [0.29, 0.717) is 17.9 Å². The van der Waals surface area contributed by atoms with Crippen LogP contribution < -0.4 is 0 Å². The highest BCUT2D eigenvalue weighted by atomic mass is 35.5. The molecule has 3 nitrogen and oxygen atoms in total. The minimum absolute atomic E-state index is 0.0562. The van der Waals surface area contributed by atoms with Crippen LogP contribution in [0, 0.1) is 11.8 Å². The van der Waals surface area contributed by atoms with Crippen molar-refractivity contribution in [2.24, 2.45) is 11.8 Å². The fourth-order valence-electron chi connectivity index (χ4n) is 2.82. The van der Waals surface area contributed by atoms with Crippen LogP contribution in [0.5, 0.6) is 0 Å². The zero-order valence-corrected chi connectivity index (χ0v) is 11.1. The molecule has 1 aliphatic heterocycles. The van der Waals surface area contributed by atoms with E-state index in [0.717, 1.165) is 5.56 Å². The Morgan fingerprint density at radius 2 is 1.63 bits per heavy atom. The van der Waals surface area contributed by atoms with Crippen molar-refractivity contribution in [3.63, 3.8) is 0 Å². The number of nitrogens with zero attached hydrogens (tertiary/aromatic N) is 1. The van der Waals surface area contributed by atoms with Crippen molar-refractivity contribution in [2.45, 2.75) is 19.4 Å². The Labute approximate surface area is 116 Å². The van der Waals surface area contributed by atoms with Crippen molar-refractivity contribution < 1.29 is 9.59 Å². The van der Waals surface area contributed by atoms with Crippen molar-refractivity contribution in [3.05, 3.63) is 47.0 Å². The van der Waals surface area contributed by atoms with E-state index in [1.807, 2.05) is 30.4 Å². The van der Waals surface area contributed by atoms with E-state index >= 15 is 0 Å². The van der Waals surface area contributed by atoms with Gasteiger partial charge in [0.25, 0.3) is 0 Å². The number of fused-ring (bicyclic) bond motifs is 1. The number of allylic oxidation sites excluding steroid dienone is 2. The Balaban J connectivity index is 1.85. The van der Waals surface area contributed by atoms with Gasteiger partial charge >= 0.3 is 0 Å². The predicted molar refractivity (Wildman–Crippen MR) is 72.4 cm³/mol. The molecule has 0 spiro atoms. The summed E-state index contributed by atoms with van der Waals surface area (Å²) in [4.78, 5) is 26.0. The summed E-state index contributed by atoms with van der Waals surface area (Å²) < 4.78 is 0. The van der Waals surface area contributed by atoms with Crippen LogP contribution in [0.4, 0.5) is 0 Å². The van der Waals surface area contributed by atoms with E-state index in [-0.39, 0.29) is 30.2 Å². The van der Waals surface area contributed by atoms with Gasteiger partial charge in [-0.25, -0.2) is 0 Å². The first-order valence-electron chi connectivity index (χ1n) is 6.42. The summed E-state index contributed by atoms with van der Waals surface area (Å²) in [5.41, 5.74) is 0.817. The van der Waals surface area contributed by atoms with E-state index in [1.54, 1.807) is 6.07 Å². The molecule has 3 rings (SSSR count). The summed E-state index contributed by atoms with van der Waals surface area (Å²) >= 11 is 6.09. The summed E-state index contributed by atoms with van der Waals surface area (Å²) in [6.07, 6.45) is 5.33. The molecule has 1 aromatic rings. The van der Waals surface area contributed by atoms with Gasteiger partial charge in [0, 0.05) is 5.02 Å². The second kappa shape index (κ2) is 4.82. The largest absolute Gasteiger partial charge is 0.278 e. The van der Waals surface area contributed by atoms with Gasteiger partial charge < -0.3 is 0 Å². The molecule has 2 atom stereocenters. The number of hydrogen-bond donors (Lipinski definition) is 0. The minimum atomic E-state index is -0.167. The first kappa shape index (κ1) is 12.4. The van der Waals surface area contributed by atoms with Gasteiger partial charge in [-0.15, -0.1) is 0 Å². The lowest BCUT2D eigenvalue weighted by atomic mass is 9.85. The number of halogens is 1. The Hall–Kier alpha value is -1.61. The van der Waals surface area contributed by atoms with Crippen LogP contribution >= 0.6 is 11.6 Å². The number of amides is 2. The highest BCUT2D eigenvalue weighted by Crippen LogP contribution is 2.36. The van der Waals surface area contributed by atoms with Crippen LogP contribution in [0.15, 0.2) is 36.4 Å². The molecule has 4 heteroatoms. The van der Waals surface area contributed by atoms with Gasteiger partial charge in [0.2, 0.25) is 11.8 Å². The van der Waals surface area contributed by atoms with E-state index in [2.05, 4.69) is 0 Å². The molecule has 0 saturated carbocycles. The van der Waals surface area contributed by atoms with Crippen molar-refractivity contribution in [2.75, 3.05) is 0 Å². The molecule has 0 bridgehead atoms. The third-order valence-corrected chi connectivity index (χ3v) is 4.25. The van der Waals surface area contributed by atoms with Crippen LogP contribution in [-0.2, 0) is 16.1 Å². The van der Waals surface area contributed by atoms with Gasteiger partial charge in [-0.1, -0.05) is 42.0 Å². The fourth-order valence-corrected chi connectivity index (χ4v) is 3.02. The second-order valence-corrected chi connectivity index (χ2v) is 5.42. The van der Waals surface area contributed by atoms with Gasteiger partial charge in [0.15, 0.2) is 0 Å². The van der Waals surface area contributed by atoms with Crippen LogP contribution in [0.3, 0.4) is 0 Å². The molecule has 1 aliphatic carbocycles. The lowest BCUT2D eigenvalue weighted by Gasteiger charge is -2.15. The van der Waals surface area contributed by atoms with E-state index in [1.165, 1.54) is 4.90 Å². The normalized spacial score (nSPS) is 25.8. The molecule has 1 aromatic carbocycles. The minimum Gasteiger partial charge on any atom is -0.278 e. The van der Waals surface area contributed by atoms with E-state index in [4.69, 9.17) is 11.6 Å². The fraction of sp³-hybridized carbons (Fsp3) is 0.333. The maximum absolute atomic E-state index is 12.3. The topological polar surface area (TPSA) is 37.4 Å². The van der Waals surface area contributed by atoms with Crippen molar-refractivity contribution in [1.29, 1.82) is 0 Å². The van der Waals surface area contributed by atoms with Crippen molar-refractivity contribution in [3.8, 4) is 0 Å². The molecule has 0 N–H and O–H groups in total. The molecule has 2 aliphatic rings. The molecular weight excluding hydrogens is 262 g/mol. The first-order chi connectivity index (χ1) is 9.18. The second-order valence-electron chi connectivity index (χ2n) is 5.01. The first-order valence-corrected chi connectivity index (χ1v) is 6.80. The number of carbonyl (C=O) groups is 2. The zero-order valence-electron chi connectivity index (χ0n) is 10.4. The molecule has 0 radical (unpaired) electrons. The maximum atomic E-state index is 12.3. The highest BCUT2D eigenvalue weighted by Gasteiger charge is 2.47. The number of carbonyl (C=O) groups excluding carboxylic acids is 2. The lowest BCUT2D eigenvalue weighted by molar-refractivity contribution is -0.140. The molecule has 1 fully saturated rings. The zero-order chi connectivity index (χ0) is 13.4. The third-order valence-electron chi connectivity index (χ3n) is 3.89. The number of hydrogen-bond acceptors (Lipinski definition) is 2. The van der Waals surface area contributed by atoms with Crippen LogP contribution in [-0.4, -0.2) is 16.7 Å². The molecule has 98 valence electrons. The SMILES string of the molecule is O=C1[C@H]2CC=CC[C@H]2C(=O)N1Cc1ccccc1Cl. The molecule has 1 saturated heterocycles. The van der Waals surface area contributed by atoms with Crippen molar-refractivity contribution >= 4 is 23.4 Å². The average molecular weight is 276 g/mol. The summed E-state index contributed by atoms with van der Waals surface area (Å²) in [7, 11) is 0. The van der Waals surface area contributed by atoms with Gasteiger partial charge in [-0.05, 0) is 24.5 Å². The Bertz CT molecular complexity index is 541. The molecule has 0 aromatic heterocycles. The Kier molecular flexibility index (Phi) is 3.15. The monoisotopic (exact) mass is 275 g/mol. The predicted octanol–water partition coefficient (Wildman–Crippen LogP) is 2.79. The van der Waals surface area contributed by atoms with Crippen LogP contribution in [0.2, 0.25) is 5.02 Å². The quantitative estimate of drug-likeness (QED) is 0.615. The molecular formula is C15H14ClNO2. The summed E-state index contributed by atoms with van der Waals surface area (Å²) in [5, 5.41) is 0.594. The van der Waals surface area contributed by atoms with Gasteiger partial charge in [-0.2, -0.15) is 0 Å². The molecule has 19 heavy (non-hydrogen) atoms. The Morgan fingerprint density at radius 3 is 2.21 bits per heavy atom. The number of benzene rings is 1. The lowest BCUT2D eigenvalue weighted by Crippen LogP contribution is -2.30. The smallest absolute Gasteiger partial charge is 0.233 e. The summed E-state index contributed by atoms with van der Waals surface area (Å²) in [6.45, 7) is 0.282. The Morgan fingerprint density at radius 1 is 1.05 bits per heavy atom. The summed E-state index contributed by atoms with van der Waals surface area (Å²) in [5.74, 6) is -0.446. The molecule has 1 heterocycles. The average Bonchev–Trinajstić information content (AvgIpc) is 2.67. The van der Waals surface area contributed by atoms with E-state index < -0.39 is 0 Å². The van der Waals surface area contributed by atoms with Gasteiger partial charge in [0.05, 0.1) is 18.4 Å². The van der Waals surface area contributed by atoms with Crippen LogP contribution in [0.1, 0.15) is 18.4 Å². The highest BCUT2D eigenvalue weighted by molar-refractivity contribution is 6.31. The van der Waals surface area contributed by atoms with Crippen LogP contribution in [0.25, 0.3) is 0 Å². The molecule has 2 amide bonds. The standard InChI is InChI=1S/C15H14ClNO2/c16-13-8-4-1-5-10(13)9-17-14(18)11-6-2-3-7-12(11)15(17)19/h1-5,8,11-12H,6-7,9H2/t11-,12+. The summed E-state index contributed by atoms with van der Waals surface area (Å²) in [6, 6.07) is 7.32. The van der Waals surface area contributed by atoms with E-state index in [9.17, 15) is 9.59 Å². The molecule has 0 unspecified atom stereocenters. The number of rotatable bonds is 2. The van der Waals surface area contributed by atoms with Gasteiger partial charge in [-0.3, -0.25) is 14.5 Å². The maximum Gasteiger partial charge on any atom is 0.233 e. The third kappa shape index (κ3) is 2.08.